The Kier molecular flexibility index (Phi) is 7.55. The predicted octanol–water partition coefficient (Wildman–Crippen LogP) is 2.59. The van der Waals surface area contributed by atoms with E-state index in [1.807, 2.05) is 0 Å². The average molecular weight is 467 g/mol. The summed E-state index contributed by atoms with van der Waals surface area (Å²) in [6.07, 6.45) is -0.139. The number of alkyl halides is 3. The Morgan fingerprint density at radius 3 is 2.14 bits per heavy atom. The molecule has 2 saturated carbocycles. The summed E-state index contributed by atoms with van der Waals surface area (Å²) in [5, 5.41) is 10.2. The van der Waals surface area contributed by atoms with E-state index in [9.17, 15) is 40.1 Å². The Morgan fingerprint density at radius 2 is 1.62 bits per heavy atom. The number of rotatable bonds is 7. The molecular formula is C15H24F3NO8S2. The van der Waals surface area contributed by atoms with E-state index < -0.39 is 54.0 Å². The highest BCUT2D eigenvalue weighted by Gasteiger charge is 2.49. The third kappa shape index (κ3) is 6.01. The highest BCUT2D eigenvalue weighted by Crippen LogP contribution is 2.35. The van der Waals surface area contributed by atoms with Crippen LogP contribution in [0.2, 0.25) is 0 Å². The zero-order chi connectivity index (χ0) is 22.0. The van der Waals surface area contributed by atoms with E-state index in [-0.39, 0.29) is 38.2 Å². The van der Waals surface area contributed by atoms with Gasteiger partial charge >= 0.3 is 15.6 Å². The van der Waals surface area contributed by atoms with Gasteiger partial charge in [-0.3, -0.25) is 18.5 Å². The summed E-state index contributed by atoms with van der Waals surface area (Å²) in [5.74, 6) is -0.629. The third-order valence-electron chi connectivity index (χ3n) is 5.66. The molecule has 0 saturated heterocycles. The van der Waals surface area contributed by atoms with Crippen molar-refractivity contribution < 1.29 is 43.3 Å². The molecule has 3 unspecified atom stereocenters. The molecule has 0 aliphatic heterocycles. The van der Waals surface area contributed by atoms with Gasteiger partial charge in [-0.1, -0.05) is 6.92 Å². The number of halogens is 3. The molecule has 2 rings (SSSR count). The highest BCUT2D eigenvalue weighted by molar-refractivity contribution is 7.87. The minimum Gasteiger partial charge on any atom is -0.269 e. The number of hydrogen-bond acceptors (Lipinski definition) is 8. The van der Waals surface area contributed by atoms with Crippen LogP contribution in [0.25, 0.3) is 0 Å². The number of nitro groups is 1. The molecule has 3 atom stereocenters. The second kappa shape index (κ2) is 9.02. The Bertz CT molecular complexity index is 791. The van der Waals surface area contributed by atoms with Gasteiger partial charge in [0.15, 0.2) is 0 Å². The number of nitrogens with zero attached hydrogens (tertiary/aromatic N) is 1. The molecule has 2 aliphatic rings. The van der Waals surface area contributed by atoms with Crippen LogP contribution in [0.1, 0.15) is 51.9 Å². The van der Waals surface area contributed by atoms with Crippen molar-refractivity contribution in [2.75, 3.05) is 6.61 Å². The Balaban J connectivity index is 1.92. The molecule has 170 valence electrons. The maximum Gasteiger partial charge on any atom is 0.523 e. The zero-order valence-corrected chi connectivity index (χ0v) is 17.3. The van der Waals surface area contributed by atoms with Gasteiger partial charge in [0, 0.05) is 11.3 Å². The molecule has 2 aliphatic carbocycles. The SMILES string of the molecule is CC1CCCC([N+](=O)[O-])C1COS(=O)(=O)C1CCC(OS(=O)(=O)C(F)(F)F)CC1. The largest absolute Gasteiger partial charge is 0.523 e. The first-order chi connectivity index (χ1) is 13.2. The van der Waals surface area contributed by atoms with Crippen LogP contribution in [0, 0.1) is 22.0 Å². The summed E-state index contributed by atoms with van der Waals surface area (Å²) in [6.45, 7) is 1.48. The van der Waals surface area contributed by atoms with Crippen molar-refractivity contribution in [3.63, 3.8) is 0 Å². The lowest BCUT2D eigenvalue weighted by Gasteiger charge is -2.32. The Hall–Kier alpha value is -0.990. The molecule has 0 N–H and O–H groups in total. The van der Waals surface area contributed by atoms with Gasteiger partial charge in [0.25, 0.3) is 10.1 Å². The van der Waals surface area contributed by atoms with E-state index in [0.29, 0.717) is 12.8 Å². The summed E-state index contributed by atoms with van der Waals surface area (Å²) < 4.78 is 93.3. The molecule has 0 amide bonds. The van der Waals surface area contributed by atoms with E-state index >= 15 is 0 Å². The van der Waals surface area contributed by atoms with Crippen molar-refractivity contribution in [1.82, 2.24) is 0 Å². The lowest BCUT2D eigenvalue weighted by atomic mass is 9.77. The Labute approximate surface area is 167 Å². The maximum absolute atomic E-state index is 12.4. The molecule has 0 aromatic heterocycles. The van der Waals surface area contributed by atoms with Crippen molar-refractivity contribution in [1.29, 1.82) is 0 Å². The second-order valence-electron chi connectivity index (χ2n) is 7.60. The van der Waals surface area contributed by atoms with E-state index in [1.165, 1.54) is 0 Å². The minimum absolute atomic E-state index is 0.0777. The van der Waals surface area contributed by atoms with Crippen LogP contribution in [0.4, 0.5) is 13.2 Å². The molecule has 0 aromatic carbocycles. The third-order valence-corrected chi connectivity index (χ3v) is 8.50. The summed E-state index contributed by atoms with van der Waals surface area (Å²) in [7, 11) is -9.84. The molecule has 2 fully saturated rings. The molecule has 14 heteroatoms. The molecule has 9 nitrogen and oxygen atoms in total. The molecule has 0 spiro atoms. The van der Waals surface area contributed by atoms with E-state index in [0.717, 1.165) is 6.42 Å². The smallest absolute Gasteiger partial charge is 0.269 e. The standard InChI is InChI=1S/C15H24F3NO8S2/c1-10-3-2-4-14(19(20)21)13(10)9-26-28(22,23)12-7-5-11(6-8-12)27-29(24,25)15(16,17)18/h10-14H,2-9H2,1H3. The fourth-order valence-corrected chi connectivity index (χ4v) is 5.96. The van der Waals surface area contributed by atoms with Gasteiger partial charge < -0.3 is 0 Å². The highest BCUT2D eigenvalue weighted by atomic mass is 32.2. The summed E-state index contributed by atoms with van der Waals surface area (Å²) in [6, 6.07) is -0.884. The van der Waals surface area contributed by atoms with Gasteiger partial charge in [-0.05, 0) is 44.4 Å². The second-order valence-corrected chi connectivity index (χ2v) is 11.0. The van der Waals surface area contributed by atoms with Crippen LogP contribution in [0.5, 0.6) is 0 Å². The van der Waals surface area contributed by atoms with Crippen LogP contribution in [-0.4, -0.2) is 51.3 Å². The molecule has 0 aromatic rings. The van der Waals surface area contributed by atoms with Crippen LogP contribution in [0.3, 0.4) is 0 Å². The van der Waals surface area contributed by atoms with Crippen LogP contribution < -0.4 is 0 Å². The Morgan fingerprint density at radius 1 is 1.03 bits per heavy atom. The molecule has 29 heavy (non-hydrogen) atoms. The van der Waals surface area contributed by atoms with E-state index in [1.54, 1.807) is 6.92 Å². The quantitative estimate of drug-likeness (QED) is 0.242. The van der Waals surface area contributed by atoms with E-state index in [2.05, 4.69) is 4.18 Å². The summed E-state index contributed by atoms with van der Waals surface area (Å²) >= 11 is 0. The van der Waals surface area contributed by atoms with Gasteiger partial charge in [0.2, 0.25) is 6.04 Å². The van der Waals surface area contributed by atoms with Crippen molar-refractivity contribution in [2.24, 2.45) is 11.8 Å². The van der Waals surface area contributed by atoms with Crippen molar-refractivity contribution in [3.8, 4) is 0 Å². The number of hydrogen-bond donors (Lipinski definition) is 0. The molecule has 0 radical (unpaired) electrons. The predicted molar refractivity (Wildman–Crippen MR) is 94.3 cm³/mol. The first-order valence-electron chi connectivity index (χ1n) is 9.26. The average Bonchev–Trinajstić information content (AvgIpc) is 2.59. The lowest BCUT2D eigenvalue weighted by Crippen LogP contribution is -2.41. The summed E-state index contributed by atoms with van der Waals surface area (Å²) in [4.78, 5) is 10.8. The van der Waals surface area contributed by atoms with Crippen molar-refractivity contribution >= 4 is 20.2 Å². The lowest BCUT2D eigenvalue weighted by molar-refractivity contribution is -0.538. The van der Waals surface area contributed by atoms with Crippen LogP contribution >= 0.6 is 0 Å². The monoisotopic (exact) mass is 467 g/mol. The van der Waals surface area contributed by atoms with Crippen LogP contribution in [0.15, 0.2) is 0 Å². The summed E-state index contributed by atoms with van der Waals surface area (Å²) in [5.41, 5.74) is -5.54. The first-order valence-corrected chi connectivity index (χ1v) is 12.1. The van der Waals surface area contributed by atoms with Crippen LogP contribution in [-0.2, 0) is 28.6 Å². The van der Waals surface area contributed by atoms with Gasteiger partial charge in [-0.2, -0.15) is 30.0 Å². The normalized spacial score (nSPS) is 32.1. The minimum atomic E-state index is -5.74. The van der Waals surface area contributed by atoms with E-state index in [4.69, 9.17) is 4.18 Å². The van der Waals surface area contributed by atoms with Crippen molar-refractivity contribution in [2.45, 2.75) is 74.8 Å². The topological polar surface area (TPSA) is 130 Å². The fraction of sp³-hybridized carbons (Fsp3) is 1.00. The fourth-order valence-electron chi connectivity index (χ4n) is 3.91. The van der Waals surface area contributed by atoms with Crippen molar-refractivity contribution in [3.05, 3.63) is 10.1 Å². The molecular weight excluding hydrogens is 443 g/mol. The van der Waals surface area contributed by atoms with Gasteiger partial charge in [-0.15, -0.1) is 0 Å². The van der Waals surface area contributed by atoms with Gasteiger partial charge in [0.1, 0.15) is 0 Å². The molecule has 0 bridgehead atoms. The molecule has 0 heterocycles. The zero-order valence-electron chi connectivity index (χ0n) is 15.7. The maximum atomic E-state index is 12.4. The van der Waals surface area contributed by atoms with Gasteiger partial charge in [-0.25, -0.2) is 0 Å². The first kappa shape index (κ1) is 24.3. The van der Waals surface area contributed by atoms with Gasteiger partial charge in [0.05, 0.1) is 23.9 Å².